The van der Waals surface area contributed by atoms with Crippen LogP contribution in [0.5, 0.6) is 5.75 Å². The molecule has 0 heterocycles. The molecule has 0 radical (unpaired) electrons. The average molecular weight is 222 g/mol. The number of benzene rings is 1. The Hall–Kier alpha value is -2.30. The summed E-state index contributed by atoms with van der Waals surface area (Å²) in [5.41, 5.74) is -0.0990. The largest absolute Gasteiger partial charge is 0.516 e. The summed E-state index contributed by atoms with van der Waals surface area (Å²) in [6.07, 6.45) is 0.208. The molecule has 1 aromatic carbocycles. The molecule has 0 fully saturated rings. The van der Waals surface area contributed by atoms with E-state index in [-0.39, 0.29) is 17.9 Å². The third-order valence-electron chi connectivity index (χ3n) is 1.62. The molecule has 16 heavy (non-hydrogen) atoms. The number of hydrogen-bond acceptors (Lipinski definition) is 5. The first kappa shape index (κ1) is 11.8. The van der Waals surface area contributed by atoms with Gasteiger partial charge in [-0.3, -0.25) is 0 Å². The summed E-state index contributed by atoms with van der Waals surface area (Å²) < 4.78 is 8.75. The van der Waals surface area contributed by atoms with E-state index in [0.29, 0.717) is 0 Å². The zero-order chi connectivity index (χ0) is 12.0. The van der Waals surface area contributed by atoms with Crippen molar-refractivity contribution >= 4 is 12.1 Å². The van der Waals surface area contributed by atoms with Crippen LogP contribution in [0.2, 0.25) is 0 Å². The maximum absolute atomic E-state index is 11.3. The normalized spacial score (nSPS) is 9.25. The van der Waals surface area contributed by atoms with Gasteiger partial charge in [0.25, 0.3) is 0 Å². The highest BCUT2D eigenvalue weighted by molar-refractivity contribution is 5.97. The summed E-state index contributed by atoms with van der Waals surface area (Å²) in [7, 11) is 0. The van der Waals surface area contributed by atoms with E-state index in [4.69, 9.17) is 0 Å². The van der Waals surface area contributed by atoms with Crippen LogP contribution in [0, 0.1) is 0 Å². The Morgan fingerprint density at radius 2 is 2.06 bits per heavy atom. The second-order valence-electron chi connectivity index (χ2n) is 2.76. The molecule has 0 atom stereocenters. The standard InChI is InChI=1S/C11H10O5/c1-2-7-15-11(14)16-10(13)8-5-3-4-6-9(8)12/h2-6,12H,1,7H2. The Balaban J connectivity index is 2.62. The van der Waals surface area contributed by atoms with E-state index in [1.54, 1.807) is 6.07 Å². The highest BCUT2D eigenvalue weighted by Crippen LogP contribution is 2.16. The van der Waals surface area contributed by atoms with Crippen LogP contribution in [0.1, 0.15) is 10.4 Å². The van der Waals surface area contributed by atoms with Crippen LogP contribution in [-0.4, -0.2) is 23.8 Å². The van der Waals surface area contributed by atoms with Gasteiger partial charge in [0, 0.05) is 0 Å². The summed E-state index contributed by atoms with van der Waals surface area (Å²) in [6, 6.07) is 5.72. The Labute approximate surface area is 91.9 Å². The van der Waals surface area contributed by atoms with Crippen LogP contribution in [0.4, 0.5) is 4.79 Å². The highest BCUT2D eigenvalue weighted by Gasteiger charge is 2.16. The van der Waals surface area contributed by atoms with Crippen LogP contribution in [0.25, 0.3) is 0 Å². The van der Waals surface area contributed by atoms with Crippen LogP contribution in [0.15, 0.2) is 36.9 Å². The van der Waals surface area contributed by atoms with E-state index in [1.165, 1.54) is 24.3 Å². The minimum atomic E-state index is -1.13. The smallest absolute Gasteiger partial charge is 0.507 e. The molecule has 0 aliphatic carbocycles. The molecular formula is C11H10O5. The van der Waals surface area contributed by atoms with Gasteiger partial charge in [-0.25, -0.2) is 9.59 Å². The number of rotatable bonds is 3. The van der Waals surface area contributed by atoms with Gasteiger partial charge in [0.05, 0.1) is 0 Å². The van der Waals surface area contributed by atoms with Crippen LogP contribution in [-0.2, 0) is 9.47 Å². The average Bonchev–Trinajstić information content (AvgIpc) is 2.26. The van der Waals surface area contributed by atoms with Crippen molar-refractivity contribution in [2.45, 2.75) is 0 Å². The van der Waals surface area contributed by atoms with Crippen molar-refractivity contribution in [2.75, 3.05) is 6.61 Å². The van der Waals surface area contributed by atoms with Crippen LogP contribution >= 0.6 is 0 Å². The maximum Gasteiger partial charge on any atom is 0.516 e. The molecule has 0 aromatic heterocycles. The van der Waals surface area contributed by atoms with E-state index < -0.39 is 12.1 Å². The number of para-hydroxylation sites is 1. The Morgan fingerprint density at radius 1 is 1.38 bits per heavy atom. The van der Waals surface area contributed by atoms with Crippen LogP contribution in [0.3, 0.4) is 0 Å². The van der Waals surface area contributed by atoms with Gasteiger partial charge in [0.1, 0.15) is 17.9 Å². The predicted molar refractivity (Wildman–Crippen MR) is 55.1 cm³/mol. The molecule has 0 saturated carbocycles. The van der Waals surface area contributed by atoms with Gasteiger partial charge in [-0.2, -0.15) is 0 Å². The molecule has 1 N–H and O–H groups in total. The van der Waals surface area contributed by atoms with Crippen molar-refractivity contribution in [3.63, 3.8) is 0 Å². The van der Waals surface area contributed by atoms with Crippen molar-refractivity contribution < 1.29 is 24.2 Å². The number of phenolic OH excluding ortho intramolecular Hbond substituents is 1. The van der Waals surface area contributed by atoms with Crippen molar-refractivity contribution in [2.24, 2.45) is 0 Å². The first-order valence-corrected chi connectivity index (χ1v) is 4.43. The molecule has 5 nitrogen and oxygen atoms in total. The number of carbonyl (C=O) groups is 2. The summed E-state index contributed by atoms with van der Waals surface area (Å²) >= 11 is 0. The van der Waals surface area contributed by atoms with E-state index in [9.17, 15) is 14.7 Å². The zero-order valence-corrected chi connectivity index (χ0v) is 8.38. The second-order valence-corrected chi connectivity index (χ2v) is 2.76. The first-order chi connectivity index (χ1) is 7.65. The Bertz CT molecular complexity index is 411. The quantitative estimate of drug-likeness (QED) is 0.480. The van der Waals surface area contributed by atoms with Crippen LogP contribution < -0.4 is 0 Å². The lowest BCUT2D eigenvalue weighted by atomic mass is 10.2. The molecule has 0 saturated heterocycles. The Kier molecular flexibility index (Phi) is 4.08. The number of aromatic hydroxyl groups is 1. The minimum Gasteiger partial charge on any atom is -0.507 e. The molecule has 0 spiro atoms. The molecule has 5 heteroatoms. The van der Waals surface area contributed by atoms with Gasteiger partial charge in [-0.1, -0.05) is 24.8 Å². The molecule has 0 unspecified atom stereocenters. The first-order valence-electron chi connectivity index (χ1n) is 4.43. The van der Waals surface area contributed by atoms with Gasteiger partial charge in [0.15, 0.2) is 0 Å². The summed E-state index contributed by atoms with van der Waals surface area (Å²) in [5.74, 6) is -1.23. The van der Waals surface area contributed by atoms with Crippen molar-refractivity contribution in [1.82, 2.24) is 0 Å². The van der Waals surface area contributed by atoms with Crippen molar-refractivity contribution in [3.05, 3.63) is 42.5 Å². The second kappa shape index (κ2) is 5.55. The van der Waals surface area contributed by atoms with Gasteiger partial charge >= 0.3 is 12.1 Å². The van der Waals surface area contributed by atoms with Gasteiger partial charge in [-0.05, 0) is 12.1 Å². The monoisotopic (exact) mass is 222 g/mol. The van der Waals surface area contributed by atoms with Gasteiger partial charge in [0.2, 0.25) is 0 Å². The molecule has 0 aliphatic heterocycles. The molecular weight excluding hydrogens is 212 g/mol. The van der Waals surface area contributed by atoms with Gasteiger partial charge in [-0.15, -0.1) is 0 Å². The number of phenols is 1. The number of hydrogen-bond donors (Lipinski definition) is 1. The van der Waals surface area contributed by atoms with E-state index >= 15 is 0 Å². The minimum absolute atomic E-state index is 0.0487. The Morgan fingerprint density at radius 3 is 2.69 bits per heavy atom. The van der Waals surface area contributed by atoms with E-state index in [0.717, 1.165) is 0 Å². The van der Waals surface area contributed by atoms with E-state index in [1.807, 2.05) is 0 Å². The lowest BCUT2D eigenvalue weighted by Gasteiger charge is -2.03. The molecule has 0 aliphatic rings. The SMILES string of the molecule is C=CCOC(=O)OC(=O)c1ccccc1O. The molecule has 1 aromatic rings. The topological polar surface area (TPSA) is 72.8 Å². The number of ether oxygens (including phenoxy) is 2. The fraction of sp³-hybridized carbons (Fsp3) is 0.0909. The lowest BCUT2D eigenvalue weighted by Crippen LogP contribution is -2.14. The van der Waals surface area contributed by atoms with Crippen molar-refractivity contribution in [3.8, 4) is 5.75 Å². The van der Waals surface area contributed by atoms with E-state index in [2.05, 4.69) is 16.1 Å². The third kappa shape index (κ3) is 3.13. The number of carbonyl (C=O) groups excluding carboxylic acids is 2. The van der Waals surface area contributed by atoms with Gasteiger partial charge < -0.3 is 14.6 Å². The molecule has 0 amide bonds. The zero-order valence-electron chi connectivity index (χ0n) is 8.38. The molecule has 1 rings (SSSR count). The number of esters is 1. The maximum atomic E-state index is 11.3. The fourth-order valence-electron chi connectivity index (χ4n) is 0.933. The lowest BCUT2D eigenvalue weighted by molar-refractivity contribution is 0.0415. The fourth-order valence-corrected chi connectivity index (χ4v) is 0.933. The summed E-state index contributed by atoms with van der Waals surface area (Å²) in [5, 5.41) is 9.30. The summed E-state index contributed by atoms with van der Waals surface area (Å²) in [4.78, 5) is 22.2. The molecule has 0 bridgehead atoms. The summed E-state index contributed by atoms with van der Waals surface area (Å²) in [6.45, 7) is 3.28. The predicted octanol–water partition coefficient (Wildman–Crippen LogP) is 1.87. The third-order valence-corrected chi connectivity index (χ3v) is 1.62. The highest BCUT2D eigenvalue weighted by atomic mass is 16.7. The molecule has 84 valence electrons. The van der Waals surface area contributed by atoms with Crippen molar-refractivity contribution in [1.29, 1.82) is 0 Å².